The van der Waals surface area contributed by atoms with Gasteiger partial charge in [0.1, 0.15) is 5.69 Å². The molecule has 1 unspecified atom stereocenters. The summed E-state index contributed by atoms with van der Waals surface area (Å²) in [6.07, 6.45) is 0. The van der Waals surface area contributed by atoms with E-state index in [1.54, 1.807) is 24.3 Å². The molecule has 0 aliphatic heterocycles. The smallest absolute Gasteiger partial charge is 0.304 e. The summed E-state index contributed by atoms with van der Waals surface area (Å²) in [5.74, 6) is -1.92. The number of Topliss-reactive ketones (excluding diaryl/α,β-unsaturated/α-hetero) is 1. The van der Waals surface area contributed by atoms with Crippen LogP contribution in [0.4, 0.5) is 5.95 Å². The number of esters is 1. The van der Waals surface area contributed by atoms with Crippen molar-refractivity contribution >= 4 is 35.4 Å². The maximum atomic E-state index is 12.6. The molecule has 1 atom stereocenters. The molecule has 0 spiro atoms. The number of ether oxygens (including phenoxy) is 1. The Hall–Kier alpha value is -2.94. The van der Waals surface area contributed by atoms with E-state index in [1.165, 1.54) is 13.8 Å². The maximum Gasteiger partial charge on any atom is 0.304 e. The molecule has 9 heteroatoms. The Morgan fingerprint density at radius 3 is 2.48 bits per heavy atom. The van der Waals surface area contributed by atoms with Gasteiger partial charge in [-0.25, -0.2) is 4.98 Å². The van der Waals surface area contributed by atoms with Crippen LogP contribution in [0.15, 0.2) is 46.1 Å². The predicted molar refractivity (Wildman–Crippen MR) is 91.3 cm³/mol. The van der Waals surface area contributed by atoms with Crippen LogP contribution in [0.2, 0.25) is 0 Å². The molecule has 1 heterocycles. The van der Waals surface area contributed by atoms with Crippen LogP contribution < -0.4 is 10.9 Å². The van der Waals surface area contributed by atoms with Crippen molar-refractivity contribution in [2.45, 2.75) is 24.2 Å². The van der Waals surface area contributed by atoms with Crippen LogP contribution in [-0.2, 0) is 14.3 Å². The molecule has 1 aromatic carbocycles. The number of H-pyrrole nitrogens is 1. The van der Waals surface area contributed by atoms with Gasteiger partial charge >= 0.3 is 5.97 Å². The number of amides is 1. The molecule has 0 radical (unpaired) electrons. The number of rotatable bonds is 6. The standard InChI is InChI=1S/C16H15N3O5S/c1-9(20)17-16-18-12(8-13(22)19-16)14(23)15(24-10(2)21)25-11-6-4-3-5-7-11/h3-8,15H,1-2H3,(H2,17,18,19,20,22). The molecule has 2 rings (SSSR count). The number of thioether (sulfide) groups is 1. The quantitative estimate of drug-likeness (QED) is 0.347. The maximum absolute atomic E-state index is 12.6. The molecule has 0 aliphatic carbocycles. The Bertz CT molecular complexity index is 850. The zero-order valence-corrected chi connectivity index (χ0v) is 14.3. The highest BCUT2D eigenvalue weighted by atomic mass is 32.2. The number of hydrogen-bond donors (Lipinski definition) is 2. The molecule has 1 amide bonds. The largest absolute Gasteiger partial charge is 0.442 e. The van der Waals surface area contributed by atoms with Gasteiger partial charge in [0.05, 0.1) is 0 Å². The fourth-order valence-electron chi connectivity index (χ4n) is 1.84. The summed E-state index contributed by atoms with van der Waals surface area (Å²) >= 11 is 1.01. The van der Waals surface area contributed by atoms with E-state index in [2.05, 4.69) is 15.3 Å². The zero-order valence-electron chi connectivity index (χ0n) is 13.4. The van der Waals surface area contributed by atoms with E-state index in [9.17, 15) is 19.2 Å². The number of nitrogens with one attached hydrogen (secondary N) is 2. The SMILES string of the molecule is CC(=O)Nc1nc(C(=O)C(OC(C)=O)Sc2ccccc2)cc(=O)[nH]1. The predicted octanol–water partition coefficient (Wildman–Crippen LogP) is 1.59. The Balaban J connectivity index is 2.32. The van der Waals surface area contributed by atoms with Crippen molar-refractivity contribution in [2.75, 3.05) is 5.32 Å². The van der Waals surface area contributed by atoms with E-state index < -0.39 is 28.7 Å². The molecule has 0 aliphatic rings. The topological polar surface area (TPSA) is 118 Å². The summed E-state index contributed by atoms with van der Waals surface area (Å²) in [6, 6.07) is 9.85. The number of aromatic nitrogens is 2. The van der Waals surface area contributed by atoms with Gasteiger partial charge in [-0.15, -0.1) is 0 Å². The lowest BCUT2D eigenvalue weighted by Gasteiger charge is -2.15. The number of carbonyl (C=O) groups is 3. The molecule has 0 fully saturated rings. The molecular weight excluding hydrogens is 346 g/mol. The molecule has 2 aromatic rings. The Morgan fingerprint density at radius 1 is 1.20 bits per heavy atom. The van der Waals surface area contributed by atoms with Gasteiger partial charge in [0, 0.05) is 24.8 Å². The Kier molecular flexibility index (Phi) is 6.07. The van der Waals surface area contributed by atoms with Crippen LogP contribution in [0.25, 0.3) is 0 Å². The van der Waals surface area contributed by atoms with Crippen molar-refractivity contribution in [3.63, 3.8) is 0 Å². The number of benzene rings is 1. The van der Waals surface area contributed by atoms with E-state index in [0.717, 1.165) is 17.8 Å². The highest BCUT2D eigenvalue weighted by Gasteiger charge is 2.26. The van der Waals surface area contributed by atoms with Gasteiger partial charge in [-0.05, 0) is 12.1 Å². The lowest BCUT2D eigenvalue weighted by Crippen LogP contribution is -2.27. The van der Waals surface area contributed by atoms with Crippen molar-refractivity contribution in [3.8, 4) is 0 Å². The van der Waals surface area contributed by atoms with E-state index >= 15 is 0 Å². The van der Waals surface area contributed by atoms with Crippen molar-refractivity contribution in [2.24, 2.45) is 0 Å². The third-order valence-electron chi connectivity index (χ3n) is 2.76. The van der Waals surface area contributed by atoms with Crippen LogP contribution in [-0.4, -0.2) is 33.1 Å². The first-order valence-corrected chi connectivity index (χ1v) is 8.05. The zero-order chi connectivity index (χ0) is 18.4. The Labute approximate surface area is 147 Å². The van der Waals surface area contributed by atoms with Crippen LogP contribution in [0.1, 0.15) is 24.3 Å². The minimum atomic E-state index is -1.21. The summed E-state index contributed by atoms with van der Waals surface area (Å²) in [5, 5.41) is 2.30. The van der Waals surface area contributed by atoms with Gasteiger partial charge in [0.25, 0.3) is 5.56 Å². The highest BCUT2D eigenvalue weighted by molar-refractivity contribution is 8.00. The van der Waals surface area contributed by atoms with Gasteiger partial charge in [0.2, 0.25) is 23.1 Å². The van der Waals surface area contributed by atoms with E-state index in [1.807, 2.05) is 6.07 Å². The normalized spacial score (nSPS) is 11.4. The average Bonchev–Trinajstić information content (AvgIpc) is 2.53. The highest BCUT2D eigenvalue weighted by Crippen LogP contribution is 2.26. The second kappa shape index (κ2) is 8.25. The molecule has 1 aromatic heterocycles. The summed E-state index contributed by atoms with van der Waals surface area (Å²) in [6.45, 7) is 2.42. The average molecular weight is 361 g/mol. The van der Waals surface area contributed by atoms with Crippen molar-refractivity contribution in [1.29, 1.82) is 0 Å². The molecule has 8 nitrogen and oxygen atoms in total. The number of aromatic amines is 1. The van der Waals surface area contributed by atoms with Gasteiger partial charge in [-0.3, -0.25) is 29.5 Å². The second-order valence-corrected chi connectivity index (χ2v) is 6.03. The van der Waals surface area contributed by atoms with Gasteiger partial charge in [0.15, 0.2) is 0 Å². The third-order valence-corrected chi connectivity index (χ3v) is 3.83. The second-order valence-electron chi connectivity index (χ2n) is 4.90. The number of nitrogens with zero attached hydrogens (tertiary/aromatic N) is 1. The summed E-state index contributed by atoms with van der Waals surface area (Å²) in [5.41, 5.74) is -2.05. The minimum absolute atomic E-state index is 0.158. The van der Waals surface area contributed by atoms with Gasteiger partial charge in [-0.2, -0.15) is 0 Å². The molecule has 25 heavy (non-hydrogen) atoms. The van der Waals surface area contributed by atoms with Crippen LogP contribution in [0, 0.1) is 0 Å². The number of anilines is 1. The number of carbonyl (C=O) groups excluding carboxylic acids is 3. The lowest BCUT2D eigenvalue weighted by molar-refractivity contribution is -0.141. The van der Waals surface area contributed by atoms with Crippen molar-refractivity contribution in [1.82, 2.24) is 9.97 Å². The van der Waals surface area contributed by atoms with Gasteiger partial charge < -0.3 is 4.74 Å². The van der Waals surface area contributed by atoms with Crippen LogP contribution in [0.5, 0.6) is 0 Å². The minimum Gasteiger partial charge on any atom is -0.442 e. The van der Waals surface area contributed by atoms with E-state index in [4.69, 9.17) is 4.74 Å². The molecule has 2 N–H and O–H groups in total. The molecule has 0 saturated heterocycles. The first-order chi connectivity index (χ1) is 11.8. The third kappa shape index (κ3) is 5.57. The molecule has 0 saturated carbocycles. The van der Waals surface area contributed by atoms with Crippen LogP contribution in [0.3, 0.4) is 0 Å². The van der Waals surface area contributed by atoms with E-state index in [0.29, 0.717) is 4.90 Å². The molecular formula is C16H15N3O5S. The van der Waals surface area contributed by atoms with Crippen molar-refractivity contribution < 1.29 is 19.1 Å². The Morgan fingerprint density at radius 2 is 1.88 bits per heavy atom. The summed E-state index contributed by atoms with van der Waals surface area (Å²) < 4.78 is 5.07. The number of hydrogen-bond acceptors (Lipinski definition) is 7. The van der Waals surface area contributed by atoms with Gasteiger partial charge in [-0.1, -0.05) is 30.0 Å². The number of ketones is 1. The summed E-state index contributed by atoms with van der Waals surface area (Å²) in [4.78, 5) is 53.7. The molecule has 0 bridgehead atoms. The lowest BCUT2D eigenvalue weighted by atomic mass is 10.3. The fraction of sp³-hybridized carbons (Fsp3) is 0.188. The monoisotopic (exact) mass is 361 g/mol. The van der Waals surface area contributed by atoms with Crippen molar-refractivity contribution in [3.05, 3.63) is 52.4 Å². The van der Waals surface area contributed by atoms with E-state index in [-0.39, 0.29) is 11.6 Å². The first kappa shape index (κ1) is 18.4. The first-order valence-electron chi connectivity index (χ1n) is 7.17. The molecule has 130 valence electrons. The summed E-state index contributed by atoms with van der Waals surface area (Å²) in [7, 11) is 0. The van der Waals surface area contributed by atoms with Crippen LogP contribution >= 0.6 is 11.8 Å². The fourth-order valence-corrected chi connectivity index (χ4v) is 2.81.